The Morgan fingerprint density at radius 3 is 2.63 bits per heavy atom. The molecule has 1 amide bonds. The number of unbranched alkanes of at least 4 members (excludes halogenated alkanes) is 2. The van der Waals surface area contributed by atoms with Gasteiger partial charge >= 0.3 is 5.97 Å². The van der Waals surface area contributed by atoms with E-state index in [4.69, 9.17) is 5.11 Å². The molecule has 1 rings (SSSR count). The lowest BCUT2D eigenvalue weighted by Crippen LogP contribution is -2.24. The fraction of sp³-hybridized carbons (Fsp3) is 0.429. The average molecular weight is 328 g/mol. The van der Waals surface area contributed by atoms with E-state index in [0.717, 1.165) is 22.9 Å². The summed E-state index contributed by atoms with van der Waals surface area (Å²) in [5, 5.41) is 11.3. The van der Waals surface area contributed by atoms with Crippen LogP contribution in [0.4, 0.5) is 0 Å². The molecule has 19 heavy (non-hydrogen) atoms. The fourth-order valence-electron chi connectivity index (χ4n) is 1.62. The van der Waals surface area contributed by atoms with E-state index in [2.05, 4.69) is 21.2 Å². The van der Waals surface area contributed by atoms with Crippen molar-refractivity contribution < 1.29 is 14.7 Å². The Bertz CT molecular complexity index is 460. The molecule has 1 aromatic carbocycles. The summed E-state index contributed by atoms with van der Waals surface area (Å²) in [6.07, 6.45) is 2.45. The molecule has 104 valence electrons. The Morgan fingerprint density at radius 1 is 1.26 bits per heavy atom. The highest BCUT2D eigenvalue weighted by Crippen LogP contribution is 2.17. The minimum absolute atomic E-state index is 0.0982. The van der Waals surface area contributed by atoms with Gasteiger partial charge in [-0.3, -0.25) is 9.59 Å². The molecule has 0 heterocycles. The average Bonchev–Trinajstić information content (AvgIpc) is 2.36. The number of rotatable bonds is 7. The maximum absolute atomic E-state index is 11.8. The van der Waals surface area contributed by atoms with Crippen molar-refractivity contribution in [1.29, 1.82) is 0 Å². The molecule has 0 bridgehead atoms. The van der Waals surface area contributed by atoms with Gasteiger partial charge in [0, 0.05) is 23.0 Å². The molecule has 0 aromatic heterocycles. The third kappa shape index (κ3) is 5.87. The lowest BCUT2D eigenvalue weighted by atomic mass is 10.1. The van der Waals surface area contributed by atoms with Crippen LogP contribution >= 0.6 is 15.9 Å². The molecule has 0 unspecified atom stereocenters. The minimum atomic E-state index is -0.770. The van der Waals surface area contributed by atoms with Crippen molar-refractivity contribution in [3.8, 4) is 0 Å². The highest BCUT2D eigenvalue weighted by atomic mass is 79.9. The molecule has 2 N–H and O–H groups in total. The second kappa shape index (κ2) is 7.94. The van der Waals surface area contributed by atoms with Crippen LogP contribution in [0.2, 0.25) is 0 Å². The maximum atomic E-state index is 11.8. The van der Waals surface area contributed by atoms with Crippen LogP contribution in [0.15, 0.2) is 22.7 Å². The topological polar surface area (TPSA) is 66.4 Å². The lowest BCUT2D eigenvalue weighted by Gasteiger charge is -2.06. The second-order valence-electron chi connectivity index (χ2n) is 4.42. The Kier molecular flexibility index (Phi) is 6.56. The molecule has 0 aliphatic carbocycles. The number of amides is 1. The van der Waals surface area contributed by atoms with E-state index in [1.807, 2.05) is 13.0 Å². The van der Waals surface area contributed by atoms with Gasteiger partial charge in [0.25, 0.3) is 5.91 Å². The third-order valence-corrected chi connectivity index (χ3v) is 3.64. The van der Waals surface area contributed by atoms with Crippen molar-refractivity contribution in [3.05, 3.63) is 33.8 Å². The van der Waals surface area contributed by atoms with E-state index in [9.17, 15) is 9.59 Å². The van der Waals surface area contributed by atoms with Crippen molar-refractivity contribution >= 4 is 27.8 Å². The molecule has 0 radical (unpaired) electrons. The highest BCUT2D eigenvalue weighted by Gasteiger charge is 2.06. The van der Waals surface area contributed by atoms with Crippen molar-refractivity contribution in [3.63, 3.8) is 0 Å². The highest BCUT2D eigenvalue weighted by molar-refractivity contribution is 9.10. The second-order valence-corrected chi connectivity index (χ2v) is 5.28. The fourth-order valence-corrected chi connectivity index (χ4v) is 1.99. The lowest BCUT2D eigenvalue weighted by molar-refractivity contribution is -0.137. The molecule has 4 nitrogen and oxygen atoms in total. The van der Waals surface area contributed by atoms with Gasteiger partial charge < -0.3 is 10.4 Å². The Hall–Kier alpha value is -1.36. The van der Waals surface area contributed by atoms with Gasteiger partial charge in [-0.2, -0.15) is 0 Å². The van der Waals surface area contributed by atoms with E-state index in [-0.39, 0.29) is 12.3 Å². The molecule has 1 aromatic rings. The standard InChI is InChI=1S/C14H18BrNO3/c1-10-6-7-11(9-12(10)15)14(19)16-8-4-2-3-5-13(17)18/h6-7,9H,2-5,8H2,1H3,(H,16,19)(H,17,18). The number of halogens is 1. The Balaban J connectivity index is 2.27. The van der Waals surface area contributed by atoms with Gasteiger partial charge in [-0.25, -0.2) is 0 Å². The first-order valence-electron chi connectivity index (χ1n) is 6.27. The summed E-state index contributed by atoms with van der Waals surface area (Å²) in [4.78, 5) is 22.1. The minimum Gasteiger partial charge on any atom is -0.481 e. The van der Waals surface area contributed by atoms with Crippen LogP contribution in [0, 0.1) is 6.92 Å². The van der Waals surface area contributed by atoms with E-state index < -0.39 is 5.97 Å². The van der Waals surface area contributed by atoms with Crippen molar-refractivity contribution in [1.82, 2.24) is 5.32 Å². The van der Waals surface area contributed by atoms with Crippen LogP contribution in [0.5, 0.6) is 0 Å². The number of hydrogen-bond donors (Lipinski definition) is 2. The molecule has 0 saturated carbocycles. The summed E-state index contributed by atoms with van der Waals surface area (Å²) in [7, 11) is 0. The van der Waals surface area contributed by atoms with Crippen molar-refractivity contribution in [2.45, 2.75) is 32.6 Å². The number of hydrogen-bond acceptors (Lipinski definition) is 2. The largest absolute Gasteiger partial charge is 0.481 e. The number of benzene rings is 1. The zero-order chi connectivity index (χ0) is 14.3. The predicted molar refractivity (Wildman–Crippen MR) is 77.3 cm³/mol. The van der Waals surface area contributed by atoms with E-state index in [1.165, 1.54) is 0 Å². The van der Waals surface area contributed by atoms with Crippen LogP contribution in [0.1, 0.15) is 41.6 Å². The van der Waals surface area contributed by atoms with Crippen molar-refractivity contribution in [2.75, 3.05) is 6.54 Å². The van der Waals surface area contributed by atoms with Gasteiger partial charge in [0.2, 0.25) is 0 Å². The smallest absolute Gasteiger partial charge is 0.303 e. The number of carboxylic acid groups (broad SMARTS) is 1. The Morgan fingerprint density at radius 2 is 2.00 bits per heavy atom. The van der Waals surface area contributed by atoms with Gasteiger partial charge in [-0.05, 0) is 37.5 Å². The number of aryl methyl sites for hydroxylation is 1. The molecule has 0 spiro atoms. The predicted octanol–water partition coefficient (Wildman–Crippen LogP) is 3.13. The van der Waals surface area contributed by atoms with E-state index >= 15 is 0 Å². The quantitative estimate of drug-likeness (QED) is 0.756. The summed E-state index contributed by atoms with van der Waals surface area (Å²) >= 11 is 3.39. The summed E-state index contributed by atoms with van der Waals surface area (Å²) in [5.74, 6) is -0.868. The molecular formula is C14H18BrNO3. The molecule has 0 saturated heterocycles. The first-order valence-corrected chi connectivity index (χ1v) is 7.06. The number of aliphatic carboxylic acids is 1. The molecule has 0 fully saturated rings. The van der Waals surface area contributed by atoms with Crippen molar-refractivity contribution in [2.24, 2.45) is 0 Å². The molecule has 5 heteroatoms. The summed E-state index contributed by atoms with van der Waals surface area (Å²) in [6.45, 7) is 2.54. The number of carbonyl (C=O) groups is 2. The van der Waals surface area contributed by atoms with Gasteiger partial charge in [-0.15, -0.1) is 0 Å². The SMILES string of the molecule is Cc1ccc(C(=O)NCCCCCC(=O)O)cc1Br. The molecule has 0 aliphatic heterocycles. The van der Waals surface area contributed by atoms with Crippen LogP contribution < -0.4 is 5.32 Å². The van der Waals surface area contributed by atoms with Crippen LogP contribution in [-0.2, 0) is 4.79 Å². The van der Waals surface area contributed by atoms with Crippen LogP contribution in [0.25, 0.3) is 0 Å². The number of nitrogens with one attached hydrogen (secondary N) is 1. The van der Waals surface area contributed by atoms with Crippen LogP contribution in [-0.4, -0.2) is 23.5 Å². The normalized spacial score (nSPS) is 10.2. The third-order valence-electron chi connectivity index (χ3n) is 2.79. The van der Waals surface area contributed by atoms with Gasteiger partial charge in [0.1, 0.15) is 0 Å². The summed E-state index contributed by atoms with van der Waals surface area (Å²) < 4.78 is 0.918. The van der Waals surface area contributed by atoms with E-state index in [1.54, 1.807) is 12.1 Å². The maximum Gasteiger partial charge on any atom is 0.303 e. The molecule has 0 atom stereocenters. The Labute approximate surface area is 121 Å². The van der Waals surface area contributed by atoms with Gasteiger partial charge in [-0.1, -0.05) is 28.4 Å². The number of carbonyl (C=O) groups excluding carboxylic acids is 1. The van der Waals surface area contributed by atoms with Gasteiger partial charge in [0.05, 0.1) is 0 Å². The summed E-state index contributed by atoms with van der Waals surface area (Å²) in [6, 6.07) is 5.49. The molecular weight excluding hydrogens is 310 g/mol. The molecule has 0 aliphatic rings. The van der Waals surface area contributed by atoms with E-state index in [0.29, 0.717) is 18.5 Å². The van der Waals surface area contributed by atoms with Gasteiger partial charge in [0.15, 0.2) is 0 Å². The first kappa shape index (κ1) is 15.7. The van der Waals surface area contributed by atoms with Crippen LogP contribution in [0.3, 0.4) is 0 Å². The number of carboxylic acids is 1. The first-order chi connectivity index (χ1) is 9.00. The zero-order valence-electron chi connectivity index (χ0n) is 10.9. The zero-order valence-corrected chi connectivity index (χ0v) is 12.5. The monoisotopic (exact) mass is 327 g/mol. The summed E-state index contributed by atoms with van der Waals surface area (Å²) in [5.41, 5.74) is 1.72.